The molecule has 14 heavy (non-hydrogen) atoms. The molecule has 0 aromatic heterocycles. The van der Waals surface area contributed by atoms with Gasteiger partial charge in [0.15, 0.2) is 0 Å². The Bertz CT molecular complexity index is 230. The maximum atomic E-state index is 11.5. The van der Waals surface area contributed by atoms with E-state index in [0.717, 1.165) is 19.6 Å². The average Bonchev–Trinajstić information content (AvgIpc) is 2.17. The van der Waals surface area contributed by atoms with Crippen molar-refractivity contribution in [2.24, 2.45) is 0 Å². The highest BCUT2D eigenvalue weighted by atomic mass is 16.5. The summed E-state index contributed by atoms with van der Waals surface area (Å²) < 4.78 is 5.26. The molecule has 0 bridgehead atoms. The van der Waals surface area contributed by atoms with Gasteiger partial charge >= 0.3 is 0 Å². The molecule has 4 heteroatoms. The van der Waals surface area contributed by atoms with Crippen LogP contribution in [0.15, 0.2) is 0 Å². The number of ether oxygens (including phenoxy) is 1. The zero-order valence-electron chi connectivity index (χ0n) is 8.90. The second kappa shape index (κ2) is 3.87. The summed E-state index contributed by atoms with van der Waals surface area (Å²) in [6, 6.07) is 0.849. The second-order valence-electron chi connectivity index (χ2n) is 4.34. The smallest absolute Gasteiger partial charge is 0.248 e. The normalized spacial score (nSPS) is 29.5. The van der Waals surface area contributed by atoms with Crippen molar-refractivity contribution >= 4 is 5.91 Å². The van der Waals surface area contributed by atoms with E-state index >= 15 is 0 Å². The highest BCUT2D eigenvalue weighted by Gasteiger charge is 2.34. The van der Waals surface area contributed by atoms with Gasteiger partial charge in [-0.3, -0.25) is 9.69 Å². The summed E-state index contributed by atoms with van der Waals surface area (Å²) in [6.07, 6.45) is 0. The van der Waals surface area contributed by atoms with Crippen molar-refractivity contribution in [2.75, 3.05) is 32.8 Å². The minimum Gasteiger partial charge on any atom is -0.369 e. The fourth-order valence-corrected chi connectivity index (χ4v) is 2.18. The van der Waals surface area contributed by atoms with Crippen molar-refractivity contribution in [1.29, 1.82) is 0 Å². The predicted molar refractivity (Wildman–Crippen MR) is 53.0 cm³/mol. The predicted octanol–water partition coefficient (Wildman–Crippen LogP) is -0.0622. The lowest BCUT2D eigenvalue weighted by Gasteiger charge is -2.44. The van der Waals surface area contributed by atoms with Gasteiger partial charge in [-0.05, 0) is 13.8 Å². The topological polar surface area (TPSA) is 32.8 Å². The van der Waals surface area contributed by atoms with Crippen molar-refractivity contribution in [3.05, 3.63) is 0 Å². The van der Waals surface area contributed by atoms with E-state index in [2.05, 4.69) is 18.7 Å². The van der Waals surface area contributed by atoms with Crippen LogP contribution in [0.1, 0.15) is 13.8 Å². The van der Waals surface area contributed by atoms with Crippen LogP contribution in [0, 0.1) is 0 Å². The molecule has 1 atom stereocenters. The molecule has 80 valence electrons. The van der Waals surface area contributed by atoms with Crippen LogP contribution in [0.25, 0.3) is 0 Å². The summed E-state index contributed by atoms with van der Waals surface area (Å²) in [5.41, 5.74) is 0. The third kappa shape index (κ3) is 1.77. The summed E-state index contributed by atoms with van der Waals surface area (Å²) in [4.78, 5) is 15.9. The van der Waals surface area contributed by atoms with Crippen LogP contribution >= 0.6 is 0 Å². The van der Waals surface area contributed by atoms with Gasteiger partial charge in [-0.1, -0.05) is 0 Å². The number of carbonyl (C=O) groups excluding carboxylic acids is 1. The molecule has 2 rings (SSSR count). The van der Waals surface area contributed by atoms with Gasteiger partial charge < -0.3 is 9.64 Å². The summed E-state index contributed by atoms with van der Waals surface area (Å²) in [5.74, 6) is 0.157. The third-order valence-electron chi connectivity index (χ3n) is 3.10. The number of piperazine rings is 1. The molecule has 1 unspecified atom stereocenters. The lowest BCUT2D eigenvalue weighted by molar-refractivity contribution is -0.153. The van der Waals surface area contributed by atoms with Crippen LogP contribution in [0.4, 0.5) is 0 Å². The van der Waals surface area contributed by atoms with Gasteiger partial charge in [0.05, 0.1) is 12.6 Å². The van der Waals surface area contributed by atoms with Crippen molar-refractivity contribution in [1.82, 2.24) is 9.80 Å². The van der Waals surface area contributed by atoms with Crippen LogP contribution < -0.4 is 0 Å². The molecule has 0 spiro atoms. The first-order valence-corrected chi connectivity index (χ1v) is 5.29. The number of carbonyl (C=O) groups is 1. The maximum Gasteiger partial charge on any atom is 0.248 e. The minimum absolute atomic E-state index is 0.157. The molecule has 0 N–H and O–H groups in total. The van der Waals surface area contributed by atoms with Gasteiger partial charge in [0.1, 0.15) is 6.61 Å². The highest BCUT2D eigenvalue weighted by molar-refractivity contribution is 5.78. The molecule has 2 aliphatic heterocycles. The SMILES string of the molecule is CC(C)N1CCN2C(=O)COCC2C1. The Morgan fingerprint density at radius 1 is 1.43 bits per heavy atom. The van der Waals surface area contributed by atoms with Crippen molar-refractivity contribution < 1.29 is 9.53 Å². The third-order valence-corrected chi connectivity index (χ3v) is 3.10. The highest BCUT2D eigenvalue weighted by Crippen LogP contribution is 2.16. The number of hydrogen-bond donors (Lipinski definition) is 0. The van der Waals surface area contributed by atoms with E-state index in [1.165, 1.54) is 0 Å². The monoisotopic (exact) mass is 198 g/mol. The van der Waals surface area contributed by atoms with Gasteiger partial charge in [0.25, 0.3) is 0 Å². The fraction of sp³-hybridized carbons (Fsp3) is 0.900. The van der Waals surface area contributed by atoms with E-state index in [0.29, 0.717) is 12.6 Å². The molecule has 0 aromatic carbocycles. The van der Waals surface area contributed by atoms with Crippen LogP contribution in [-0.4, -0.2) is 60.6 Å². The number of amides is 1. The van der Waals surface area contributed by atoms with E-state index in [4.69, 9.17) is 4.74 Å². The average molecular weight is 198 g/mol. The Morgan fingerprint density at radius 3 is 2.93 bits per heavy atom. The molecular formula is C10H18N2O2. The maximum absolute atomic E-state index is 11.5. The summed E-state index contributed by atoms with van der Waals surface area (Å²) >= 11 is 0. The molecule has 0 aromatic rings. The Balaban J connectivity index is 1.99. The first-order valence-electron chi connectivity index (χ1n) is 5.29. The molecular weight excluding hydrogens is 180 g/mol. The van der Waals surface area contributed by atoms with Gasteiger partial charge in [-0.15, -0.1) is 0 Å². The molecule has 0 saturated carbocycles. The van der Waals surface area contributed by atoms with Crippen LogP contribution in [0.5, 0.6) is 0 Å². The number of hydrogen-bond acceptors (Lipinski definition) is 3. The van der Waals surface area contributed by atoms with Crippen LogP contribution in [-0.2, 0) is 9.53 Å². The molecule has 0 aliphatic carbocycles. The standard InChI is InChI=1S/C10H18N2O2/c1-8(2)11-3-4-12-9(5-11)6-14-7-10(12)13/h8-9H,3-7H2,1-2H3. The quantitative estimate of drug-likeness (QED) is 0.591. The van der Waals surface area contributed by atoms with E-state index in [1.54, 1.807) is 0 Å². The zero-order chi connectivity index (χ0) is 10.1. The van der Waals surface area contributed by atoms with Crippen LogP contribution in [0.2, 0.25) is 0 Å². The van der Waals surface area contributed by atoms with Crippen LogP contribution in [0.3, 0.4) is 0 Å². The van der Waals surface area contributed by atoms with E-state index in [1.807, 2.05) is 4.90 Å². The Hall–Kier alpha value is -0.610. The lowest BCUT2D eigenvalue weighted by atomic mass is 10.1. The van der Waals surface area contributed by atoms with E-state index in [-0.39, 0.29) is 18.6 Å². The molecule has 2 saturated heterocycles. The molecule has 2 fully saturated rings. The molecule has 0 radical (unpaired) electrons. The van der Waals surface area contributed by atoms with Crippen molar-refractivity contribution in [2.45, 2.75) is 25.9 Å². The Morgan fingerprint density at radius 2 is 2.21 bits per heavy atom. The molecule has 1 amide bonds. The fourth-order valence-electron chi connectivity index (χ4n) is 2.18. The number of morpholine rings is 1. The minimum atomic E-state index is 0.157. The Kier molecular flexibility index (Phi) is 2.74. The summed E-state index contributed by atoms with van der Waals surface area (Å²) in [6.45, 7) is 8.20. The molecule has 2 heterocycles. The molecule has 4 nitrogen and oxygen atoms in total. The van der Waals surface area contributed by atoms with Gasteiger partial charge in [0, 0.05) is 25.7 Å². The Labute approximate surface area is 84.8 Å². The first-order chi connectivity index (χ1) is 6.68. The van der Waals surface area contributed by atoms with E-state index < -0.39 is 0 Å². The first kappa shape index (κ1) is 9.93. The second-order valence-corrected chi connectivity index (χ2v) is 4.34. The summed E-state index contributed by atoms with van der Waals surface area (Å²) in [7, 11) is 0. The summed E-state index contributed by atoms with van der Waals surface area (Å²) in [5, 5.41) is 0. The number of nitrogens with zero attached hydrogens (tertiary/aromatic N) is 2. The zero-order valence-corrected chi connectivity index (χ0v) is 8.90. The van der Waals surface area contributed by atoms with Crippen molar-refractivity contribution in [3.8, 4) is 0 Å². The van der Waals surface area contributed by atoms with Crippen molar-refractivity contribution in [3.63, 3.8) is 0 Å². The number of rotatable bonds is 1. The molecule has 2 aliphatic rings. The van der Waals surface area contributed by atoms with Gasteiger partial charge in [0.2, 0.25) is 5.91 Å². The largest absolute Gasteiger partial charge is 0.369 e. The lowest BCUT2D eigenvalue weighted by Crippen LogP contribution is -2.61. The van der Waals surface area contributed by atoms with Gasteiger partial charge in [-0.2, -0.15) is 0 Å². The number of fused-ring (bicyclic) bond motifs is 1. The van der Waals surface area contributed by atoms with Gasteiger partial charge in [-0.25, -0.2) is 0 Å². The van der Waals surface area contributed by atoms with E-state index in [9.17, 15) is 4.79 Å².